The number of likely N-dealkylation sites (tertiary alicyclic amines) is 1. The van der Waals surface area contributed by atoms with Gasteiger partial charge >= 0.3 is 0 Å². The monoisotopic (exact) mass is 247 g/mol. The first kappa shape index (κ1) is 12.3. The number of sulfonamides is 1. The van der Waals surface area contributed by atoms with Gasteiger partial charge in [0, 0.05) is 18.6 Å². The Kier molecular flexibility index (Phi) is 3.84. The van der Waals surface area contributed by atoms with Gasteiger partial charge in [-0.15, -0.1) is 0 Å². The van der Waals surface area contributed by atoms with Crippen molar-refractivity contribution in [3.8, 4) is 0 Å². The molecule has 0 aromatic heterocycles. The van der Waals surface area contributed by atoms with E-state index in [4.69, 9.17) is 0 Å². The van der Waals surface area contributed by atoms with Crippen LogP contribution in [0.25, 0.3) is 0 Å². The Morgan fingerprint density at radius 2 is 2.25 bits per heavy atom. The van der Waals surface area contributed by atoms with E-state index in [9.17, 15) is 8.42 Å². The molecule has 94 valence electrons. The Morgan fingerprint density at radius 3 is 2.81 bits per heavy atom. The Balaban J connectivity index is 1.82. The summed E-state index contributed by atoms with van der Waals surface area (Å²) in [6.45, 7) is 2.76. The SMILES string of the molecule is CN1CCC(NS(=O)(=O)CC2CCCN2)C1. The minimum Gasteiger partial charge on any atom is -0.313 e. The fraction of sp³-hybridized carbons (Fsp3) is 1.00. The van der Waals surface area contributed by atoms with Crippen LogP contribution >= 0.6 is 0 Å². The fourth-order valence-electron chi connectivity index (χ4n) is 2.50. The molecule has 2 aliphatic rings. The van der Waals surface area contributed by atoms with Gasteiger partial charge in [0.25, 0.3) is 0 Å². The van der Waals surface area contributed by atoms with Crippen LogP contribution in [-0.4, -0.2) is 57.8 Å². The summed E-state index contributed by atoms with van der Waals surface area (Å²) in [6.07, 6.45) is 2.99. The molecule has 2 fully saturated rings. The third-order valence-corrected chi connectivity index (χ3v) is 4.85. The van der Waals surface area contributed by atoms with E-state index < -0.39 is 10.0 Å². The summed E-state index contributed by atoms with van der Waals surface area (Å²) in [5, 5.41) is 3.22. The van der Waals surface area contributed by atoms with Gasteiger partial charge in [-0.25, -0.2) is 13.1 Å². The quantitative estimate of drug-likeness (QED) is 0.694. The van der Waals surface area contributed by atoms with Crippen molar-refractivity contribution in [2.75, 3.05) is 32.4 Å². The molecule has 0 saturated carbocycles. The van der Waals surface area contributed by atoms with Crippen LogP contribution in [0.3, 0.4) is 0 Å². The highest BCUT2D eigenvalue weighted by atomic mass is 32.2. The molecule has 0 aromatic rings. The second-order valence-corrected chi connectivity index (χ2v) is 6.74. The maximum absolute atomic E-state index is 11.9. The predicted molar refractivity (Wildman–Crippen MR) is 63.8 cm³/mol. The largest absolute Gasteiger partial charge is 0.313 e. The molecule has 2 N–H and O–H groups in total. The van der Waals surface area contributed by atoms with Gasteiger partial charge in [0.2, 0.25) is 10.0 Å². The number of rotatable bonds is 4. The molecule has 16 heavy (non-hydrogen) atoms. The molecule has 2 atom stereocenters. The van der Waals surface area contributed by atoms with Crippen molar-refractivity contribution in [1.82, 2.24) is 14.9 Å². The van der Waals surface area contributed by atoms with Crippen LogP contribution in [0.4, 0.5) is 0 Å². The lowest BCUT2D eigenvalue weighted by atomic mass is 10.3. The first-order valence-corrected chi connectivity index (χ1v) is 7.62. The normalized spacial score (nSPS) is 32.3. The zero-order chi connectivity index (χ0) is 11.6. The Hall–Kier alpha value is -0.170. The van der Waals surface area contributed by atoms with E-state index in [0.717, 1.165) is 38.9 Å². The molecule has 0 aromatic carbocycles. The smallest absolute Gasteiger partial charge is 0.213 e. The third kappa shape index (κ3) is 3.41. The van der Waals surface area contributed by atoms with Crippen molar-refractivity contribution in [3.05, 3.63) is 0 Å². The number of hydrogen-bond donors (Lipinski definition) is 2. The molecular formula is C10H21N3O2S. The van der Waals surface area contributed by atoms with Gasteiger partial charge in [0.05, 0.1) is 5.75 Å². The first-order valence-electron chi connectivity index (χ1n) is 5.97. The van der Waals surface area contributed by atoms with Gasteiger partial charge in [-0.1, -0.05) is 0 Å². The molecule has 2 unspecified atom stereocenters. The molecular weight excluding hydrogens is 226 g/mol. The molecule has 2 rings (SSSR count). The minimum atomic E-state index is -3.11. The average molecular weight is 247 g/mol. The molecule has 2 heterocycles. The standard InChI is InChI=1S/C10H21N3O2S/c1-13-6-4-9(7-13)12-16(14,15)8-10-3-2-5-11-10/h9-12H,2-8H2,1H3. The number of likely N-dealkylation sites (N-methyl/N-ethyl adjacent to an activating group) is 1. The lowest BCUT2D eigenvalue weighted by molar-refractivity contribution is 0.407. The Bertz CT molecular complexity index is 325. The highest BCUT2D eigenvalue weighted by Crippen LogP contribution is 2.10. The number of nitrogens with one attached hydrogen (secondary N) is 2. The highest BCUT2D eigenvalue weighted by Gasteiger charge is 2.27. The van der Waals surface area contributed by atoms with E-state index in [1.54, 1.807) is 0 Å². The minimum absolute atomic E-state index is 0.108. The third-order valence-electron chi connectivity index (χ3n) is 3.32. The molecule has 0 amide bonds. The molecule has 5 nitrogen and oxygen atoms in total. The summed E-state index contributed by atoms with van der Waals surface area (Å²) >= 11 is 0. The molecule has 2 aliphatic heterocycles. The maximum atomic E-state index is 11.9. The van der Waals surface area contributed by atoms with E-state index >= 15 is 0 Å². The molecule has 6 heteroatoms. The topological polar surface area (TPSA) is 61.4 Å². The van der Waals surface area contributed by atoms with Crippen molar-refractivity contribution >= 4 is 10.0 Å². The second kappa shape index (κ2) is 5.00. The summed E-state index contributed by atoms with van der Waals surface area (Å²) in [4.78, 5) is 2.15. The van der Waals surface area contributed by atoms with Crippen molar-refractivity contribution in [2.45, 2.75) is 31.3 Å². The van der Waals surface area contributed by atoms with Crippen LogP contribution in [-0.2, 0) is 10.0 Å². The Morgan fingerprint density at radius 1 is 1.44 bits per heavy atom. The molecule has 2 saturated heterocycles. The van der Waals surface area contributed by atoms with E-state index in [1.807, 2.05) is 7.05 Å². The van der Waals surface area contributed by atoms with Crippen LogP contribution in [0.1, 0.15) is 19.3 Å². The number of nitrogens with zero attached hydrogens (tertiary/aromatic N) is 1. The van der Waals surface area contributed by atoms with Gasteiger partial charge < -0.3 is 10.2 Å². The van der Waals surface area contributed by atoms with Crippen LogP contribution < -0.4 is 10.0 Å². The average Bonchev–Trinajstić information content (AvgIpc) is 2.76. The Labute approximate surface area is 97.6 Å². The zero-order valence-corrected chi connectivity index (χ0v) is 10.6. The summed E-state index contributed by atoms with van der Waals surface area (Å²) in [5.41, 5.74) is 0. The van der Waals surface area contributed by atoms with Gasteiger partial charge in [-0.05, 0) is 39.4 Å². The van der Waals surface area contributed by atoms with E-state index in [-0.39, 0.29) is 17.8 Å². The van der Waals surface area contributed by atoms with Crippen LogP contribution in [0, 0.1) is 0 Å². The number of hydrogen-bond acceptors (Lipinski definition) is 4. The second-order valence-electron chi connectivity index (χ2n) is 4.94. The van der Waals surface area contributed by atoms with Crippen LogP contribution in [0.2, 0.25) is 0 Å². The van der Waals surface area contributed by atoms with Crippen LogP contribution in [0.5, 0.6) is 0 Å². The highest BCUT2D eigenvalue weighted by molar-refractivity contribution is 7.89. The predicted octanol–water partition coefficient (Wildman–Crippen LogP) is -0.638. The van der Waals surface area contributed by atoms with E-state index in [1.165, 1.54) is 0 Å². The van der Waals surface area contributed by atoms with E-state index in [0.29, 0.717) is 0 Å². The van der Waals surface area contributed by atoms with Gasteiger partial charge in [-0.3, -0.25) is 0 Å². The summed E-state index contributed by atoms with van der Waals surface area (Å²) < 4.78 is 26.6. The van der Waals surface area contributed by atoms with Gasteiger partial charge in [0.15, 0.2) is 0 Å². The summed E-state index contributed by atoms with van der Waals surface area (Å²) in [6, 6.07) is 0.257. The zero-order valence-electron chi connectivity index (χ0n) is 9.78. The fourth-order valence-corrected chi connectivity index (χ4v) is 4.11. The maximum Gasteiger partial charge on any atom is 0.213 e. The molecule has 0 aliphatic carbocycles. The van der Waals surface area contributed by atoms with Gasteiger partial charge in [-0.2, -0.15) is 0 Å². The first-order chi connectivity index (χ1) is 7.55. The molecule has 0 spiro atoms. The summed E-state index contributed by atoms with van der Waals surface area (Å²) in [7, 11) is -1.09. The van der Waals surface area contributed by atoms with Crippen molar-refractivity contribution in [2.24, 2.45) is 0 Å². The molecule has 0 bridgehead atoms. The molecule has 0 radical (unpaired) electrons. The van der Waals surface area contributed by atoms with Crippen molar-refractivity contribution < 1.29 is 8.42 Å². The van der Waals surface area contributed by atoms with Crippen LogP contribution in [0.15, 0.2) is 0 Å². The lowest BCUT2D eigenvalue weighted by Gasteiger charge is -2.16. The van der Waals surface area contributed by atoms with Gasteiger partial charge in [0.1, 0.15) is 0 Å². The van der Waals surface area contributed by atoms with Crippen molar-refractivity contribution in [3.63, 3.8) is 0 Å². The lowest BCUT2D eigenvalue weighted by Crippen LogP contribution is -2.42. The van der Waals surface area contributed by atoms with Crippen molar-refractivity contribution in [1.29, 1.82) is 0 Å². The summed E-state index contributed by atoms with van der Waals surface area (Å²) in [5.74, 6) is 0.229. The van der Waals surface area contributed by atoms with E-state index in [2.05, 4.69) is 14.9 Å².